The van der Waals surface area contributed by atoms with E-state index in [0.717, 1.165) is 25.9 Å². The van der Waals surface area contributed by atoms with Crippen LogP contribution in [0.1, 0.15) is 19.3 Å². The average Bonchev–Trinajstić information content (AvgIpc) is 2.99. The van der Waals surface area contributed by atoms with E-state index >= 15 is 0 Å². The number of ether oxygens (including phenoxy) is 1. The maximum atomic E-state index is 11.9. The molecule has 1 aromatic rings. The summed E-state index contributed by atoms with van der Waals surface area (Å²) in [5.41, 5.74) is 5.96. The van der Waals surface area contributed by atoms with E-state index in [2.05, 4.69) is 5.32 Å². The molecule has 1 aromatic carbocycles. The number of benzene rings is 1. The predicted molar refractivity (Wildman–Crippen MR) is 87.3 cm³/mol. The molecule has 2 rings (SSSR count). The monoisotopic (exact) mass is 327 g/mol. The molecular formula is C15H22ClN3O3. The van der Waals surface area contributed by atoms with Gasteiger partial charge in [-0.05, 0) is 25.0 Å². The summed E-state index contributed by atoms with van der Waals surface area (Å²) in [7, 11) is 0. The summed E-state index contributed by atoms with van der Waals surface area (Å²) in [5, 5.41) is 2.73. The van der Waals surface area contributed by atoms with Crippen LogP contribution >= 0.6 is 12.4 Å². The van der Waals surface area contributed by atoms with Gasteiger partial charge in [0.25, 0.3) is 5.91 Å². The van der Waals surface area contributed by atoms with Crippen LogP contribution in [-0.4, -0.2) is 43.0 Å². The smallest absolute Gasteiger partial charge is 0.260 e. The number of nitrogens with one attached hydrogen (secondary N) is 1. The number of rotatable bonds is 6. The molecule has 122 valence electrons. The van der Waals surface area contributed by atoms with Crippen molar-refractivity contribution in [2.45, 2.75) is 19.3 Å². The number of amides is 2. The fraction of sp³-hybridized carbons (Fsp3) is 0.467. The lowest BCUT2D eigenvalue weighted by molar-refractivity contribution is -0.132. The van der Waals surface area contributed by atoms with Crippen molar-refractivity contribution in [3.05, 3.63) is 24.3 Å². The van der Waals surface area contributed by atoms with Crippen molar-refractivity contribution in [1.29, 1.82) is 0 Å². The topological polar surface area (TPSA) is 84.7 Å². The van der Waals surface area contributed by atoms with E-state index in [1.54, 1.807) is 24.3 Å². The third-order valence-electron chi connectivity index (χ3n) is 3.31. The van der Waals surface area contributed by atoms with Gasteiger partial charge < -0.3 is 20.7 Å². The standard InChI is InChI=1S/C15H21N3O3.ClH/c16-7-6-14(19)17-12-4-3-5-13(10-12)21-11-15(20)18-8-1-2-9-18;/h3-5,10H,1-2,6-9,11,16H2,(H,17,19);1H. The second kappa shape index (κ2) is 9.27. The molecule has 0 spiro atoms. The molecule has 0 saturated carbocycles. The lowest BCUT2D eigenvalue weighted by Crippen LogP contribution is -2.32. The van der Waals surface area contributed by atoms with Crippen LogP contribution in [0.4, 0.5) is 5.69 Å². The average molecular weight is 328 g/mol. The zero-order chi connectivity index (χ0) is 15.1. The molecule has 1 fully saturated rings. The van der Waals surface area contributed by atoms with E-state index in [9.17, 15) is 9.59 Å². The Labute approximate surface area is 136 Å². The highest BCUT2D eigenvalue weighted by Gasteiger charge is 2.18. The summed E-state index contributed by atoms with van der Waals surface area (Å²) in [5.74, 6) is 0.431. The Kier molecular flexibility index (Phi) is 7.70. The van der Waals surface area contributed by atoms with Gasteiger partial charge in [0, 0.05) is 37.8 Å². The molecule has 1 saturated heterocycles. The number of likely N-dealkylation sites (tertiary alicyclic amines) is 1. The highest BCUT2D eigenvalue weighted by atomic mass is 35.5. The molecule has 1 aliphatic heterocycles. The molecule has 0 unspecified atom stereocenters. The van der Waals surface area contributed by atoms with E-state index in [1.165, 1.54) is 0 Å². The first kappa shape index (κ1) is 18.3. The number of carbonyl (C=O) groups is 2. The SMILES string of the molecule is Cl.NCCC(=O)Nc1cccc(OCC(=O)N2CCCC2)c1. The fourth-order valence-electron chi connectivity index (χ4n) is 2.22. The van der Waals surface area contributed by atoms with Gasteiger partial charge in [0.05, 0.1) is 0 Å². The van der Waals surface area contributed by atoms with E-state index in [-0.39, 0.29) is 37.2 Å². The van der Waals surface area contributed by atoms with Crippen molar-refractivity contribution in [2.24, 2.45) is 5.73 Å². The highest BCUT2D eigenvalue weighted by molar-refractivity contribution is 5.91. The first-order chi connectivity index (χ1) is 10.2. The number of hydrogen-bond donors (Lipinski definition) is 2. The van der Waals surface area contributed by atoms with E-state index in [1.807, 2.05) is 4.90 Å². The largest absolute Gasteiger partial charge is 0.484 e. The number of anilines is 1. The van der Waals surface area contributed by atoms with Crippen molar-refractivity contribution in [2.75, 3.05) is 31.6 Å². The Bertz CT molecular complexity index is 505. The van der Waals surface area contributed by atoms with E-state index in [4.69, 9.17) is 10.5 Å². The second-order valence-corrected chi connectivity index (χ2v) is 4.99. The summed E-state index contributed by atoms with van der Waals surface area (Å²) in [6.07, 6.45) is 2.40. The quantitative estimate of drug-likeness (QED) is 0.827. The lowest BCUT2D eigenvalue weighted by Gasteiger charge is -2.15. The molecule has 7 heteroatoms. The zero-order valence-corrected chi connectivity index (χ0v) is 13.2. The number of carbonyl (C=O) groups excluding carboxylic acids is 2. The molecule has 0 radical (unpaired) electrons. The summed E-state index contributed by atoms with van der Waals surface area (Å²) in [4.78, 5) is 25.2. The van der Waals surface area contributed by atoms with Crippen molar-refractivity contribution >= 4 is 29.9 Å². The summed E-state index contributed by atoms with van der Waals surface area (Å²) >= 11 is 0. The van der Waals surface area contributed by atoms with Crippen LogP contribution in [0.5, 0.6) is 5.75 Å². The first-order valence-corrected chi connectivity index (χ1v) is 7.19. The number of nitrogens with two attached hydrogens (primary N) is 1. The van der Waals surface area contributed by atoms with Crippen LogP contribution < -0.4 is 15.8 Å². The van der Waals surface area contributed by atoms with Gasteiger partial charge in [-0.2, -0.15) is 0 Å². The molecule has 6 nitrogen and oxygen atoms in total. The van der Waals surface area contributed by atoms with Crippen LogP contribution in [0.3, 0.4) is 0 Å². The third-order valence-corrected chi connectivity index (χ3v) is 3.31. The highest BCUT2D eigenvalue weighted by Crippen LogP contribution is 2.18. The Hall–Kier alpha value is -1.79. The Morgan fingerprint density at radius 2 is 2.00 bits per heavy atom. The minimum atomic E-state index is -0.136. The van der Waals surface area contributed by atoms with Crippen LogP contribution in [0.2, 0.25) is 0 Å². The zero-order valence-electron chi connectivity index (χ0n) is 12.4. The van der Waals surface area contributed by atoms with Crippen LogP contribution in [-0.2, 0) is 9.59 Å². The number of hydrogen-bond acceptors (Lipinski definition) is 4. The number of halogens is 1. The minimum Gasteiger partial charge on any atom is -0.484 e. The summed E-state index contributed by atoms with van der Waals surface area (Å²) in [6.45, 7) is 1.97. The van der Waals surface area contributed by atoms with Gasteiger partial charge in [-0.15, -0.1) is 12.4 Å². The van der Waals surface area contributed by atoms with Crippen molar-refractivity contribution in [1.82, 2.24) is 4.90 Å². The Morgan fingerprint density at radius 1 is 1.27 bits per heavy atom. The van der Waals surface area contributed by atoms with Crippen molar-refractivity contribution < 1.29 is 14.3 Å². The maximum Gasteiger partial charge on any atom is 0.260 e. The molecule has 22 heavy (non-hydrogen) atoms. The molecule has 1 heterocycles. The van der Waals surface area contributed by atoms with Crippen molar-refractivity contribution in [3.8, 4) is 5.75 Å². The fourth-order valence-corrected chi connectivity index (χ4v) is 2.22. The molecule has 0 atom stereocenters. The molecule has 3 N–H and O–H groups in total. The lowest BCUT2D eigenvalue weighted by atomic mass is 10.3. The molecular weight excluding hydrogens is 306 g/mol. The van der Waals surface area contributed by atoms with Gasteiger partial charge in [-0.25, -0.2) is 0 Å². The van der Waals surface area contributed by atoms with Crippen LogP contribution in [0, 0.1) is 0 Å². The van der Waals surface area contributed by atoms with Gasteiger partial charge in [0.1, 0.15) is 5.75 Å². The van der Waals surface area contributed by atoms with E-state index < -0.39 is 0 Å². The molecule has 1 aliphatic rings. The second-order valence-electron chi connectivity index (χ2n) is 4.99. The van der Waals surface area contributed by atoms with Gasteiger partial charge in [-0.1, -0.05) is 6.07 Å². The molecule has 0 aromatic heterocycles. The molecule has 0 bridgehead atoms. The summed E-state index contributed by atoms with van der Waals surface area (Å²) < 4.78 is 5.50. The maximum absolute atomic E-state index is 11.9. The van der Waals surface area contributed by atoms with Crippen molar-refractivity contribution in [3.63, 3.8) is 0 Å². The molecule has 2 amide bonds. The van der Waals surface area contributed by atoms with Gasteiger partial charge in [0.15, 0.2) is 6.61 Å². The predicted octanol–water partition coefficient (Wildman–Crippen LogP) is 1.40. The summed E-state index contributed by atoms with van der Waals surface area (Å²) in [6, 6.07) is 7.00. The Morgan fingerprint density at radius 3 is 2.68 bits per heavy atom. The minimum absolute atomic E-state index is 0. The third kappa shape index (κ3) is 5.54. The molecule has 0 aliphatic carbocycles. The van der Waals surface area contributed by atoms with Gasteiger partial charge in [-0.3, -0.25) is 9.59 Å². The normalized spacial score (nSPS) is 13.4. The number of nitrogens with zero attached hydrogens (tertiary/aromatic N) is 1. The Balaban J connectivity index is 0.00000242. The van der Waals surface area contributed by atoms with Crippen LogP contribution in [0.25, 0.3) is 0 Å². The van der Waals surface area contributed by atoms with E-state index in [0.29, 0.717) is 18.0 Å². The van der Waals surface area contributed by atoms with Gasteiger partial charge >= 0.3 is 0 Å². The van der Waals surface area contributed by atoms with Crippen LogP contribution in [0.15, 0.2) is 24.3 Å². The first-order valence-electron chi connectivity index (χ1n) is 7.19. The van der Waals surface area contributed by atoms with Gasteiger partial charge in [0.2, 0.25) is 5.91 Å².